The minimum Gasteiger partial charge on any atom is -0.481 e. The summed E-state index contributed by atoms with van der Waals surface area (Å²) in [5.41, 5.74) is 4.44. The monoisotopic (exact) mass is 512 g/mol. The predicted octanol–water partition coefficient (Wildman–Crippen LogP) is 3.96. The Morgan fingerprint density at radius 3 is 2.92 bits per heavy atom. The number of amides is 1. The summed E-state index contributed by atoms with van der Waals surface area (Å²) in [6.45, 7) is 0.377. The zero-order chi connectivity index (χ0) is 26.2. The van der Waals surface area contributed by atoms with Crippen molar-refractivity contribution in [2.24, 2.45) is 0 Å². The lowest BCUT2D eigenvalue weighted by atomic mass is 9.93. The molecule has 0 radical (unpaired) electrons. The first kappa shape index (κ1) is 26.6. The first-order valence-corrected chi connectivity index (χ1v) is 12.2. The molecular weight excluding hydrogens is 482 g/mol. The largest absolute Gasteiger partial charge is 0.481 e. The summed E-state index contributed by atoms with van der Waals surface area (Å²) in [6, 6.07) is 8.72. The molecule has 1 saturated heterocycles. The standard InChI is InChI=1S/C27H30F2N4O4/c1-36-26-11-10-23-27(32-26)17(12-14-31-23)4-6-20-7-9-22(24(37-20)16-25(34)33-35)30-13-2-3-18-15-19(28)5-8-21(18)29/h2-3,5,8,10-12,14-15,20,22,24,30,35H,4,6-7,9,13,16H2,1H3,(H,33,34)/b3-2+/t20-,22-,24-/m1/s1. The molecule has 1 fully saturated rings. The van der Waals surface area contributed by atoms with Crippen molar-refractivity contribution in [3.8, 4) is 5.88 Å². The van der Waals surface area contributed by atoms with Crippen molar-refractivity contribution >= 4 is 23.0 Å². The summed E-state index contributed by atoms with van der Waals surface area (Å²) < 4.78 is 38.7. The number of carbonyl (C=O) groups excluding carboxylic acids is 1. The van der Waals surface area contributed by atoms with Crippen LogP contribution in [0.3, 0.4) is 0 Å². The van der Waals surface area contributed by atoms with E-state index in [2.05, 4.69) is 15.3 Å². The number of hydroxylamine groups is 1. The van der Waals surface area contributed by atoms with Crippen LogP contribution in [0, 0.1) is 11.6 Å². The Bertz CT molecular complexity index is 1260. The van der Waals surface area contributed by atoms with Crippen molar-refractivity contribution in [1.29, 1.82) is 0 Å². The lowest BCUT2D eigenvalue weighted by Gasteiger charge is -2.37. The number of nitrogens with one attached hydrogen (secondary N) is 2. The summed E-state index contributed by atoms with van der Waals surface area (Å²) in [5.74, 6) is -1.03. The van der Waals surface area contributed by atoms with Gasteiger partial charge < -0.3 is 14.8 Å². The van der Waals surface area contributed by atoms with Gasteiger partial charge in [-0.2, -0.15) is 0 Å². The van der Waals surface area contributed by atoms with E-state index in [0.717, 1.165) is 54.1 Å². The molecule has 4 rings (SSSR count). The van der Waals surface area contributed by atoms with Gasteiger partial charge in [0.15, 0.2) is 0 Å². The van der Waals surface area contributed by atoms with Gasteiger partial charge in [-0.05, 0) is 61.6 Å². The summed E-state index contributed by atoms with van der Waals surface area (Å²) in [7, 11) is 1.57. The Balaban J connectivity index is 1.37. The SMILES string of the molecule is COc1ccc2nccc(CC[C@@H]3CC[C@@H](NC/C=C/c4cc(F)ccc4F)[C@@H](CC(=O)NO)O3)c2n1. The Labute approximate surface area is 213 Å². The third kappa shape index (κ3) is 7.06. The molecule has 0 spiro atoms. The Hall–Kier alpha value is -3.47. The predicted molar refractivity (Wildman–Crippen MR) is 134 cm³/mol. The molecule has 8 nitrogen and oxygen atoms in total. The lowest BCUT2D eigenvalue weighted by Crippen LogP contribution is -2.49. The number of pyridine rings is 2. The number of halogens is 2. The van der Waals surface area contributed by atoms with Crippen LogP contribution >= 0.6 is 0 Å². The van der Waals surface area contributed by atoms with Crippen LogP contribution in [-0.2, 0) is 16.0 Å². The molecule has 0 unspecified atom stereocenters. The second-order valence-corrected chi connectivity index (χ2v) is 8.93. The molecule has 1 aromatic carbocycles. The summed E-state index contributed by atoms with van der Waals surface area (Å²) in [6.07, 6.45) is 7.37. The molecule has 3 atom stereocenters. The number of methoxy groups -OCH3 is 1. The average Bonchev–Trinajstić information content (AvgIpc) is 2.92. The van der Waals surface area contributed by atoms with E-state index in [4.69, 9.17) is 14.7 Å². The van der Waals surface area contributed by atoms with Crippen molar-refractivity contribution in [3.63, 3.8) is 0 Å². The van der Waals surface area contributed by atoms with Crippen LogP contribution in [-0.4, -0.2) is 53.0 Å². The van der Waals surface area contributed by atoms with Crippen LogP contribution in [0.5, 0.6) is 5.88 Å². The van der Waals surface area contributed by atoms with Gasteiger partial charge in [0.2, 0.25) is 11.8 Å². The average molecular weight is 513 g/mol. The molecule has 196 valence electrons. The second kappa shape index (κ2) is 12.7. The number of aromatic nitrogens is 2. The number of benzene rings is 1. The number of carbonyl (C=O) groups is 1. The molecule has 3 aromatic rings. The van der Waals surface area contributed by atoms with Crippen molar-refractivity contribution < 1.29 is 28.3 Å². The third-order valence-electron chi connectivity index (χ3n) is 6.47. The summed E-state index contributed by atoms with van der Waals surface area (Å²) in [5, 5.41) is 12.3. The minimum absolute atomic E-state index is 0.0101. The third-order valence-corrected chi connectivity index (χ3v) is 6.47. The molecule has 0 saturated carbocycles. The highest BCUT2D eigenvalue weighted by Gasteiger charge is 2.32. The fourth-order valence-electron chi connectivity index (χ4n) is 4.57. The number of aryl methyl sites for hydroxylation is 1. The van der Waals surface area contributed by atoms with Crippen LogP contribution in [0.4, 0.5) is 8.78 Å². The van der Waals surface area contributed by atoms with E-state index < -0.39 is 23.6 Å². The molecule has 3 heterocycles. The Morgan fingerprint density at radius 1 is 1.24 bits per heavy atom. The van der Waals surface area contributed by atoms with Crippen LogP contribution < -0.4 is 15.5 Å². The van der Waals surface area contributed by atoms with Gasteiger partial charge in [0.05, 0.1) is 36.8 Å². The zero-order valence-electron chi connectivity index (χ0n) is 20.5. The molecule has 10 heteroatoms. The Morgan fingerprint density at radius 2 is 2.11 bits per heavy atom. The number of hydrogen-bond donors (Lipinski definition) is 3. The molecule has 2 aromatic heterocycles. The van der Waals surface area contributed by atoms with E-state index >= 15 is 0 Å². The van der Waals surface area contributed by atoms with Gasteiger partial charge in [-0.1, -0.05) is 12.2 Å². The van der Waals surface area contributed by atoms with Crippen molar-refractivity contribution in [2.75, 3.05) is 13.7 Å². The van der Waals surface area contributed by atoms with E-state index in [1.165, 1.54) is 6.08 Å². The van der Waals surface area contributed by atoms with E-state index in [0.29, 0.717) is 18.8 Å². The van der Waals surface area contributed by atoms with Crippen molar-refractivity contribution in [1.82, 2.24) is 20.8 Å². The lowest BCUT2D eigenvalue weighted by molar-refractivity contribution is -0.137. The summed E-state index contributed by atoms with van der Waals surface area (Å²) >= 11 is 0. The quantitative estimate of drug-likeness (QED) is 0.279. The molecule has 37 heavy (non-hydrogen) atoms. The van der Waals surface area contributed by atoms with Crippen molar-refractivity contribution in [3.05, 3.63) is 71.4 Å². The Kier molecular flexibility index (Phi) is 9.10. The van der Waals surface area contributed by atoms with Gasteiger partial charge in [-0.25, -0.2) is 19.2 Å². The number of ether oxygens (including phenoxy) is 2. The molecule has 1 amide bonds. The molecule has 0 bridgehead atoms. The molecule has 1 aliphatic heterocycles. The van der Waals surface area contributed by atoms with Gasteiger partial charge in [-0.15, -0.1) is 0 Å². The molecular formula is C27H30F2N4O4. The number of nitrogens with zero attached hydrogens (tertiary/aromatic N) is 2. The van der Waals surface area contributed by atoms with Gasteiger partial charge in [-0.3, -0.25) is 15.0 Å². The maximum absolute atomic E-state index is 13.8. The van der Waals surface area contributed by atoms with E-state index in [1.807, 2.05) is 12.1 Å². The first-order valence-electron chi connectivity index (χ1n) is 12.2. The first-order chi connectivity index (χ1) is 18.0. The normalized spacial score (nSPS) is 19.8. The highest BCUT2D eigenvalue weighted by molar-refractivity contribution is 5.78. The van der Waals surface area contributed by atoms with Crippen LogP contribution in [0.2, 0.25) is 0 Å². The topological polar surface area (TPSA) is 106 Å². The minimum atomic E-state index is -0.536. The second-order valence-electron chi connectivity index (χ2n) is 8.93. The fourth-order valence-corrected chi connectivity index (χ4v) is 4.57. The number of hydrogen-bond acceptors (Lipinski definition) is 7. The van der Waals surface area contributed by atoms with Gasteiger partial charge in [0.1, 0.15) is 11.6 Å². The number of fused-ring (bicyclic) bond motifs is 1. The smallest absolute Gasteiger partial charge is 0.246 e. The van der Waals surface area contributed by atoms with Gasteiger partial charge >= 0.3 is 0 Å². The van der Waals surface area contributed by atoms with Crippen LogP contribution in [0.15, 0.2) is 48.7 Å². The number of rotatable bonds is 10. The maximum atomic E-state index is 13.8. The zero-order valence-corrected chi connectivity index (χ0v) is 20.5. The van der Waals surface area contributed by atoms with Crippen molar-refractivity contribution in [2.45, 2.75) is 50.4 Å². The van der Waals surface area contributed by atoms with Crippen LogP contribution in [0.1, 0.15) is 36.8 Å². The van der Waals surface area contributed by atoms with E-state index in [1.54, 1.807) is 30.9 Å². The molecule has 0 aliphatic carbocycles. The van der Waals surface area contributed by atoms with E-state index in [-0.39, 0.29) is 24.1 Å². The van der Waals surface area contributed by atoms with Gasteiger partial charge in [0.25, 0.3) is 0 Å². The van der Waals surface area contributed by atoms with Crippen LogP contribution in [0.25, 0.3) is 17.1 Å². The molecule has 3 N–H and O–H groups in total. The maximum Gasteiger partial charge on any atom is 0.246 e. The highest BCUT2D eigenvalue weighted by Crippen LogP contribution is 2.27. The fraction of sp³-hybridized carbons (Fsp3) is 0.370. The summed E-state index contributed by atoms with van der Waals surface area (Å²) in [4.78, 5) is 20.8. The van der Waals surface area contributed by atoms with Gasteiger partial charge in [0, 0.05) is 30.4 Å². The van der Waals surface area contributed by atoms with E-state index in [9.17, 15) is 13.6 Å². The highest BCUT2D eigenvalue weighted by atomic mass is 19.1. The molecule has 1 aliphatic rings.